The molecular weight excluding hydrogens is 475 g/mol. The van der Waals surface area contributed by atoms with E-state index in [1.807, 2.05) is 0 Å². The second-order valence-electron chi connectivity index (χ2n) is 7.12. The molecule has 4 N–H and O–H groups in total. The number of fused-ring (bicyclic) bond motifs is 1. The third kappa shape index (κ3) is 6.25. The molecule has 0 fully saturated rings. The summed E-state index contributed by atoms with van der Waals surface area (Å²) in [5.74, 6) is 0.190. The van der Waals surface area contributed by atoms with E-state index < -0.39 is 16.4 Å². The van der Waals surface area contributed by atoms with Crippen LogP contribution in [0.15, 0.2) is 54.9 Å². The maximum absolute atomic E-state index is 12.5. The number of ether oxygens (including phenoxy) is 1. The number of sulfonamides is 1. The summed E-state index contributed by atoms with van der Waals surface area (Å²) in [7, 11) is -3.45. The molecule has 0 atom stereocenters. The van der Waals surface area contributed by atoms with Crippen molar-refractivity contribution in [2.45, 2.75) is 12.9 Å². The van der Waals surface area contributed by atoms with E-state index in [0.717, 1.165) is 6.26 Å². The van der Waals surface area contributed by atoms with E-state index in [2.05, 4.69) is 40.0 Å². The molecule has 4 aromatic rings. The lowest BCUT2D eigenvalue weighted by Crippen LogP contribution is -2.17. The lowest BCUT2D eigenvalue weighted by Gasteiger charge is -2.12. The van der Waals surface area contributed by atoms with Crippen LogP contribution in [0.5, 0.6) is 5.75 Å². The molecule has 2 aromatic carbocycles. The minimum absolute atomic E-state index is 0.140. The first-order chi connectivity index (χ1) is 16.0. The van der Waals surface area contributed by atoms with Crippen molar-refractivity contribution in [2.24, 2.45) is 0 Å². The average molecular weight is 493 g/mol. The molecule has 0 spiro atoms. The van der Waals surface area contributed by atoms with Crippen LogP contribution in [-0.4, -0.2) is 41.0 Å². The zero-order chi connectivity index (χ0) is 24.3. The summed E-state index contributed by atoms with van der Waals surface area (Å²) in [5.41, 5.74) is 2.25. The fourth-order valence-corrected chi connectivity index (χ4v) is 3.61. The largest absolute Gasteiger partial charge is 0.573 e. The molecule has 0 aliphatic carbocycles. The Balaban J connectivity index is 1.54. The molecule has 0 saturated carbocycles. The Morgan fingerprint density at radius 3 is 2.59 bits per heavy atom. The van der Waals surface area contributed by atoms with Gasteiger partial charge in [0, 0.05) is 12.2 Å². The first kappa shape index (κ1) is 23.1. The molecule has 2 heterocycles. The number of H-pyrrole nitrogens is 1. The molecule has 0 aliphatic rings. The van der Waals surface area contributed by atoms with E-state index in [4.69, 9.17) is 0 Å². The predicted molar refractivity (Wildman–Crippen MR) is 120 cm³/mol. The van der Waals surface area contributed by atoms with E-state index >= 15 is 0 Å². The van der Waals surface area contributed by atoms with Gasteiger partial charge in [-0.3, -0.25) is 4.72 Å². The Hall–Kier alpha value is -4.07. The minimum atomic E-state index is -4.78. The number of halogens is 3. The molecule has 10 nitrogen and oxygen atoms in total. The predicted octanol–water partition coefficient (Wildman–Crippen LogP) is 3.98. The molecule has 4 rings (SSSR count). The quantitative estimate of drug-likeness (QED) is 0.290. The smallest absolute Gasteiger partial charge is 0.406 e. The Bertz CT molecular complexity index is 1420. The van der Waals surface area contributed by atoms with Gasteiger partial charge in [-0.15, -0.1) is 13.2 Å². The van der Waals surface area contributed by atoms with Crippen molar-refractivity contribution in [1.29, 1.82) is 0 Å². The number of imidazole rings is 1. The highest BCUT2D eigenvalue weighted by molar-refractivity contribution is 7.92. The number of aromatic nitrogens is 4. The van der Waals surface area contributed by atoms with Crippen LogP contribution in [0, 0.1) is 0 Å². The Morgan fingerprint density at radius 1 is 1.06 bits per heavy atom. The second-order valence-corrected chi connectivity index (χ2v) is 8.87. The summed E-state index contributed by atoms with van der Waals surface area (Å²) >= 11 is 0. The molecule has 0 saturated heterocycles. The number of aromatic amines is 1. The van der Waals surface area contributed by atoms with Crippen molar-refractivity contribution in [3.63, 3.8) is 0 Å². The van der Waals surface area contributed by atoms with Gasteiger partial charge < -0.3 is 20.4 Å². The van der Waals surface area contributed by atoms with E-state index in [-0.39, 0.29) is 18.2 Å². The van der Waals surface area contributed by atoms with Gasteiger partial charge >= 0.3 is 6.36 Å². The van der Waals surface area contributed by atoms with Crippen LogP contribution in [0.3, 0.4) is 0 Å². The summed E-state index contributed by atoms with van der Waals surface area (Å²) in [6.07, 6.45) is -2.30. The van der Waals surface area contributed by atoms with Gasteiger partial charge in [-0.25, -0.2) is 13.4 Å². The van der Waals surface area contributed by atoms with Crippen molar-refractivity contribution in [3.8, 4) is 5.75 Å². The van der Waals surface area contributed by atoms with Crippen molar-refractivity contribution >= 4 is 44.3 Å². The fourth-order valence-electron chi connectivity index (χ4n) is 3.06. The number of benzene rings is 2. The number of nitrogens with zero attached hydrogens (tertiary/aromatic N) is 3. The van der Waals surface area contributed by atoms with Crippen molar-refractivity contribution in [2.75, 3.05) is 21.6 Å². The highest BCUT2D eigenvalue weighted by Gasteiger charge is 2.31. The Kier molecular flexibility index (Phi) is 6.15. The zero-order valence-corrected chi connectivity index (χ0v) is 18.3. The lowest BCUT2D eigenvalue weighted by molar-refractivity contribution is -0.274. The molecule has 2 aromatic heterocycles. The normalized spacial score (nSPS) is 11.9. The van der Waals surface area contributed by atoms with Crippen LogP contribution in [0.4, 0.5) is 36.3 Å². The summed E-state index contributed by atoms with van der Waals surface area (Å²) < 4.78 is 66.7. The highest BCUT2D eigenvalue weighted by atomic mass is 32.2. The van der Waals surface area contributed by atoms with E-state index in [0.29, 0.717) is 33.9 Å². The van der Waals surface area contributed by atoms with Crippen molar-refractivity contribution in [3.05, 3.63) is 60.4 Å². The van der Waals surface area contributed by atoms with Crippen LogP contribution in [0.1, 0.15) is 5.56 Å². The molecular formula is C20H18F3N7O3S. The van der Waals surface area contributed by atoms with E-state index in [1.165, 1.54) is 24.5 Å². The van der Waals surface area contributed by atoms with Crippen molar-refractivity contribution in [1.82, 2.24) is 19.9 Å². The number of rotatable bonds is 8. The second kappa shape index (κ2) is 9.05. The summed E-state index contributed by atoms with van der Waals surface area (Å²) in [6.45, 7) is 0.140. The average Bonchev–Trinajstić information content (AvgIpc) is 3.19. The monoisotopic (exact) mass is 493 g/mol. The number of nitrogens with one attached hydrogen (secondary N) is 4. The number of anilines is 4. The summed E-state index contributed by atoms with van der Waals surface area (Å²) in [6, 6.07) is 12.1. The molecule has 178 valence electrons. The third-order valence-corrected chi connectivity index (χ3v) is 4.90. The Labute approximate surface area is 191 Å². The van der Waals surface area contributed by atoms with Crippen LogP contribution in [0.2, 0.25) is 0 Å². The third-order valence-electron chi connectivity index (χ3n) is 4.29. The molecule has 0 bridgehead atoms. The van der Waals surface area contributed by atoms with Gasteiger partial charge in [0.15, 0.2) is 11.5 Å². The fraction of sp³-hybridized carbons (Fsp3) is 0.150. The molecule has 0 unspecified atom stereocenters. The molecule has 14 heteroatoms. The van der Waals surface area contributed by atoms with Gasteiger partial charge in [-0.2, -0.15) is 9.97 Å². The van der Waals surface area contributed by atoms with E-state index in [9.17, 15) is 21.6 Å². The van der Waals surface area contributed by atoms with Gasteiger partial charge in [0.25, 0.3) is 0 Å². The summed E-state index contributed by atoms with van der Waals surface area (Å²) in [4.78, 5) is 15.8. The van der Waals surface area contributed by atoms with Gasteiger partial charge in [-0.1, -0.05) is 18.2 Å². The summed E-state index contributed by atoms with van der Waals surface area (Å²) in [5, 5.41) is 6.04. The number of alkyl halides is 3. The van der Waals surface area contributed by atoms with Crippen LogP contribution in [0.25, 0.3) is 11.2 Å². The topological polar surface area (TPSA) is 134 Å². The number of hydrogen-bond acceptors (Lipinski definition) is 8. The number of hydrogen-bond donors (Lipinski definition) is 4. The molecule has 0 amide bonds. The van der Waals surface area contributed by atoms with Gasteiger partial charge in [0.2, 0.25) is 16.0 Å². The van der Waals surface area contributed by atoms with Crippen LogP contribution in [-0.2, 0) is 16.6 Å². The van der Waals surface area contributed by atoms with E-state index in [1.54, 1.807) is 30.3 Å². The SMILES string of the molecule is CS(=O)(=O)Nc1cccc(Nc2nc(NCc3cccc(OC(F)(F)F)c3)c3nc[nH]c3n2)c1. The highest BCUT2D eigenvalue weighted by Crippen LogP contribution is 2.25. The zero-order valence-electron chi connectivity index (χ0n) is 17.5. The first-order valence-electron chi connectivity index (χ1n) is 9.69. The molecule has 0 aliphatic heterocycles. The van der Waals surface area contributed by atoms with Crippen molar-refractivity contribution < 1.29 is 26.3 Å². The lowest BCUT2D eigenvalue weighted by atomic mass is 10.2. The Morgan fingerprint density at radius 2 is 1.82 bits per heavy atom. The maximum atomic E-state index is 12.5. The van der Waals surface area contributed by atoms with Gasteiger partial charge in [0.1, 0.15) is 11.3 Å². The van der Waals surface area contributed by atoms with Gasteiger partial charge in [-0.05, 0) is 35.9 Å². The van der Waals surface area contributed by atoms with Crippen LogP contribution >= 0.6 is 0 Å². The maximum Gasteiger partial charge on any atom is 0.573 e. The molecule has 0 radical (unpaired) electrons. The minimum Gasteiger partial charge on any atom is -0.406 e. The first-order valence-corrected chi connectivity index (χ1v) is 11.6. The standard InChI is InChI=1S/C20H18F3N7O3S/c1-34(31,32)30-14-6-3-5-13(9-14)27-19-28-17(16-18(29-19)26-11-25-16)24-10-12-4-2-7-15(8-12)33-20(21,22)23/h2-9,11,30H,10H2,1H3,(H3,24,25,26,27,28,29). The van der Waals surface area contributed by atoms with Gasteiger partial charge in [0.05, 0.1) is 18.3 Å². The van der Waals surface area contributed by atoms with Crippen LogP contribution < -0.4 is 20.1 Å². The molecule has 34 heavy (non-hydrogen) atoms.